The summed E-state index contributed by atoms with van der Waals surface area (Å²) in [6, 6.07) is 29.2. The second-order valence-corrected chi connectivity index (χ2v) is 11.9. The summed E-state index contributed by atoms with van der Waals surface area (Å²) in [7, 11) is 0. The number of nitrogens with zero attached hydrogens (tertiary/aromatic N) is 2. The number of amides is 3. The number of hydrogen-bond acceptors (Lipinski definition) is 5. The first-order valence-corrected chi connectivity index (χ1v) is 15.9. The molecule has 248 valence electrons. The molecule has 2 N–H and O–H groups in total. The predicted molar refractivity (Wildman–Crippen MR) is 176 cm³/mol. The van der Waals surface area contributed by atoms with Crippen LogP contribution in [0.2, 0.25) is 0 Å². The van der Waals surface area contributed by atoms with E-state index in [0.717, 1.165) is 21.7 Å². The Labute approximate surface area is 276 Å². The van der Waals surface area contributed by atoms with Crippen molar-refractivity contribution in [3.05, 3.63) is 114 Å². The van der Waals surface area contributed by atoms with Crippen LogP contribution in [0.5, 0.6) is 11.5 Å². The van der Waals surface area contributed by atoms with E-state index in [0.29, 0.717) is 60.5 Å². The molecular formula is C37H35F3N4O4. The van der Waals surface area contributed by atoms with Crippen LogP contribution in [0.4, 0.5) is 18.9 Å². The van der Waals surface area contributed by atoms with Crippen molar-refractivity contribution in [2.45, 2.75) is 31.0 Å². The number of carbonyl (C=O) groups excluding carboxylic acids is 3. The topological polar surface area (TPSA) is 91.0 Å². The summed E-state index contributed by atoms with van der Waals surface area (Å²) in [5, 5.41) is 5.51. The number of rotatable bonds is 11. The summed E-state index contributed by atoms with van der Waals surface area (Å²) < 4.78 is 46.9. The Hall–Kier alpha value is -5.32. The maximum Gasteiger partial charge on any atom is 0.406 e. The lowest BCUT2D eigenvalue weighted by Crippen LogP contribution is -2.46. The number of benzene rings is 4. The summed E-state index contributed by atoms with van der Waals surface area (Å²) in [5.74, 6) is -0.771. The second-order valence-electron chi connectivity index (χ2n) is 11.9. The third-order valence-corrected chi connectivity index (χ3v) is 8.75. The van der Waals surface area contributed by atoms with Gasteiger partial charge in [-0.25, -0.2) is 0 Å². The molecule has 3 amide bonds. The molecule has 1 atom stereocenters. The number of alkyl halides is 3. The fourth-order valence-corrected chi connectivity index (χ4v) is 6.58. The van der Waals surface area contributed by atoms with Gasteiger partial charge in [-0.3, -0.25) is 14.4 Å². The second kappa shape index (κ2) is 14.2. The normalized spacial score (nSPS) is 15.6. The lowest BCUT2D eigenvalue weighted by Gasteiger charge is -2.36. The first-order valence-electron chi connectivity index (χ1n) is 15.9. The Bertz CT molecular complexity index is 1770. The van der Waals surface area contributed by atoms with E-state index in [9.17, 15) is 27.6 Å². The molecule has 1 fully saturated rings. The van der Waals surface area contributed by atoms with Crippen LogP contribution in [0.1, 0.15) is 40.2 Å². The molecule has 0 bridgehead atoms. The average Bonchev–Trinajstić information content (AvgIpc) is 3.43. The number of nitrogens with one attached hydrogen (secondary N) is 2. The Morgan fingerprint density at radius 3 is 2.31 bits per heavy atom. The minimum atomic E-state index is -4.61. The average molecular weight is 657 g/mol. The summed E-state index contributed by atoms with van der Waals surface area (Å²) in [4.78, 5) is 41.2. The Kier molecular flexibility index (Phi) is 9.65. The van der Waals surface area contributed by atoms with Gasteiger partial charge in [0.1, 0.15) is 18.0 Å². The van der Waals surface area contributed by atoms with Crippen LogP contribution < -0.4 is 20.3 Å². The first kappa shape index (κ1) is 32.6. The quantitative estimate of drug-likeness (QED) is 0.150. The zero-order chi connectivity index (χ0) is 33.7. The molecule has 4 aromatic rings. The zero-order valence-corrected chi connectivity index (χ0v) is 26.1. The molecule has 1 heterocycles. The van der Waals surface area contributed by atoms with E-state index in [1.54, 1.807) is 30.3 Å². The Morgan fingerprint density at radius 1 is 0.875 bits per heavy atom. The van der Waals surface area contributed by atoms with Crippen molar-refractivity contribution >= 4 is 23.9 Å². The van der Waals surface area contributed by atoms with Crippen molar-refractivity contribution in [2.24, 2.45) is 0 Å². The molecule has 0 spiro atoms. The molecule has 0 aromatic heterocycles. The number of ether oxygens (including phenoxy) is 1. The van der Waals surface area contributed by atoms with Gasteiger partial charge in [0.2, 0.25) is 12.3 Å². The van der Waals surface area contributed by atoms with E-state index in [4.69, 9.17) is 4.74 Å². The highest BCUT2D eigenvalue weighted by Gasteiger charge is 2.42. The van der Waals surface area contributed by atoms with Gasteiger partial charge < -0.3 is 25.2 Å². The van der Waals surface area contributed by atoms with Crippen molar-refractivity contribution in [2.75, 3.05) is 37.6 Å². The minimum absolute atomic E-state index is 0.101. The molecule has 1 saturated heterocycles. The summed E-state index contributed by atoms with van der Waals surface area (Å²) >= 11 is 0. The van der Waals surface area contributed by atoms with Crippen LogP contribution in [0.15, 0.2) is 97.1 Å². The molecule has 2 aliphatic rings. The van der Waals surface area contributed by atoms with Gasteiger partial charge in [0.15, 0.2) is 0 Å². The lowest BCUT2D eigenvalue weighted by atomic mass is 9.92. The number of fused-ring (bicyclic) bond motifs is 3. The molecule has 48 heavy (non-hydrogen) atoms. The van der Waals surface area contributed by atoms with Crippen molar-refractivity contribution < 1.29 is 32.3 Å². The van der Waals surface area contributed by atoms with Crippen LogP contribution in [0.3, 0.4) is 0 Å². The summed E-state index contributed by atoms with van der Waals surface area (Å²) in [6.45, 7) is -0.673. The molecule has 6 rings (SSSR count). The smallest absolute Gasteiger partial charge is 0.406 e. The highest BCUT2D eigenvalue weighted by Crippen LogP contribution is 2.50. The van der Waals surface area contributed by atoms with Crippen LogP contribution in [-0.4, -0.2) is 68.1 Å². The molecule has 8 nitrogen and oxygen atoms in total. The van der Waals surface area contributed by atoms with Crippen LogP contribution in [0.25, 0.3) is 11.1 Å². The van der Waals surface area contributed by atoms with E-state index in [1.165, 1.54) is 0 Å². The SMILES string of the molecule is O=CNCCN(CC(F)(F)F)C(=O)C1c2ccccc2-c2cccc(N3CCC(NC(=O)c4ccccc4Oc4ccccc4)CC3)c21. The first-order chi connectivity index (χ1) is 23.2. The molecule has 1 unspecified atom stereocenters. The van der Waals surface area contributed by atoms with Gasteiger partial charge in [-0.05, 0) is 59.9 Å². The van der Waals surface area contributed by atoms with Gasteiger partial charge in [0.05, 0.1) is 11.5 Å². The van der Waals surface area contributed by atoms with E-state index in [2.05, 4.69) is 15.5 Å². The summed E-state index contributed by atoms with van der Waals surface area (Å²) in [5.41, 5.74) is 4.16. The van der Waals surface area contributed by atoms with Crippen molar-refractivity contribution in [1.29, 1.82) is 0 Å². The number of anilines is 1. The zero-order valence-electron chi connectivity index (χ0n) is 26.1. The lowest BCUT2D eigenvalue weighted by molar-refractivity contribution is -0.161. The van der Waals surface area contributed by atoms with Crippen LogP contribution in [-0.2, 0) is 9.59 Å². The maximum absolute atomic E-state index is 14.1. The molecule has 11 heteroatoms. The van der Waals surface area contributed by atoms with Crippen LogP contribution >= 0.6 is 0 Å². The number of hydrogen-bond donors (Lipinski definition) is 2. The van der Waals surface area contributed by atoms with E-state index in [-0.39, 0.29) is 25.0 Å². The molecule has 4 aromatic carbocycles. The third-order valence-electron chi connectivity index (χ3n) is 8.75. The van der Waals surface area contributed by atoms with Gasteiger partial charge in [-0.1, -0.05) is 66.7 Å². The molecule has 1 aliphatic heterocycles. The fraction of sp³-hybridized carbons (Fsp3) is 0.270. The van der Waals surface area contributed by atoms with E-state index in [1.807, 2.05) is 66.7 Å². The highest BCUT2D eigenvalue weighted by molar-refractivity contribution is 5.99. The van der Waals surface area contributed by atoms with Crippen LogP contribution in [0, 0.1) is 0 Å². The van der Waals surface area contributed by atoms with Gasteiger partial charge in [-0.15, -0.1) is 0 Å². The van der Waals surface area contributed by atoms with Gasteiger partial charge >= 0.3 is 6.18 Å². The van der Waals surface area contributed by atoms with Gasteiger partial charge in [0.25, 0.3) is 5.91 Å². The van der Waals surface area contributed by atoms with E-state index >= 15 is 0 Å². The number of halogens is 3. The monoisotopic (exact) mass is 656 g/mol. The minimum Gasteiger partial charge on any atom is -0.457 e. The standard InChI is InChI=1S/C37H35F3N4O4/c38-37(39,40)23-44(22-19-41-24-45)36(47)34-29-12-5-4-11-27(29)28-14-8-15-31(33(28)34)43-20-17-25(18-21-43)42-35(46)30-13-6-7-16-32(30)48-26-9-2-1-3-10-26/h1-16,24-25,34H,17-23H2,(H,41,45)(H,42,46). The molecule has 0 radical (unpaired) electrons. The Balaban J connectivity index is 1.21. The fourth-order valence-electron chi connectivity index (χ4n) is 6.58. The van der Waals surface area contributed by atoms with Crippen molar-refractivity contribution in [1.82, 2.24) is 15.5 Å². The largest absolute Gasteiger partial charge is 0.457 e. The van der Waals surface area contributed by atoms with E-state index < -0.39 is 24.5 Å². The van der Waals surface area contributed by atoms with Gasteiger partial charge in [0, 0.05) is 43.5 Å². The van der Waals surface area contributed by atoms with Crippen molar-refractivity contribution in [3.63, 3.8) is 0 Å². The molecular weight excluding hydrogens is 621 g/mol. The number of piperidine rings is 1. The maximum atomic E-state index is 14.1. The molecule has 0 saturated carbocycles. The highest BCUT2D eigenvalue weighted by atomic mass is 19.4. The number of carbonyl (C=O) groups is 3. The van der Waals surface area contributed by atoms with Gasteiger partial charge in [-0.2, -0.15) is 13.2 Å². The number of para-hydroxylation sites is 2. The molecule has 1 aliphatic carbocycles. The third kappa shape index (κ3) is 7.15. The summed E-state index contributed by atoms with van der Waals surface area (Å²) in [6.07, 6.45) is -2.96. The Morgan fingerprint density at radius 2 is 1.56 bits per heavy atom. The van der Waals surface area contributed by atoms with Crippen molar-refractivity contribution in [3.8, 4) is 22.6 Å². The predicted octanol–water partition coefficient (Wildman–Crippen LogP) is 6.13.